The molecule has 0 bridgehead atoms. The van der Waals surface area contributed by atoms with Crippen LogP contribution in [0.25, 0.3) is 11.1 Å². The molecule has 1 aromatic carbocycles. The second kappa shape index (κ2) is 7.10. The molecule has 0 fully saturated rings. The number of hydrogen-bond donors (Lipinski definition) is 1. The van der Waals surface area contributed by atoms with Crippen molar-refractivity contribution in [2.45, 2.75) is 39.3 Å². The summed E-state index contributed by atoms with van der Waals surface area (Å²) in [4.78, 5) is 11.2. The van der Waals surface area contributed by atoms with E-state index in [2.05, 4.69) is 24.7 Å². The number of aromatic nitrogens is 2. The van der Waals surface area contributed by atoms with Gasteiger partial charge < -0.3 is 9.84 Å². The zero-order chi connectivity index (χ0) is 17.0. The summed E-state index contributed by atoms with van der Waals surface area (Å²) >= 11 is 0. The van der Waals surface area contributed by atoms with Crippen molar-refractivity contribution in [2.75, 3.05) is 6.61 Å². The van der Waals surface area contributed by atoms with Crippen LogP contribution in [-0.2, 0) is 11.5 Å². The number of nitrogens with zero attached hydrogens (tertiary/aromatic N) is 2. The molecule has 1 aromatic heterocycles. The molecule has 6 heteroatoms. The Morgan fingerprint density at radius 1 is 1.35 bits per heavy atom. The zero-order valence-electron chi connectivity index (χ0n) is 14.2. The smallest absolute Gasteiger partial charge is 0.335 e. The number of aromatic carboxylic acids is 1. The van der Waals surface area contributed by atoms with Crippen LogP contribution in [0.15, 0.2) is 30.6 Å². The number of hydrogen-bond acceptors (Lipinski definition) is 3. The molecule has 2 aromatic rings. The molecule has 1 heterocycles. The zero-order valence-corrected chi connectivity index (χ0v) is 15.2. The van der Waals surface area contributed by atoms with Gasteiger partial charge in [-0.1, -0.05) is 31.8 Å². The second-order valence-corrected chi connectivity index (χ2v) is 12.5. The van der Waals surface area contributed by atoms with Crippen LogP contribution in [0.2, 0.25) is 25.7 Å². The van der Waals surface area contributed by atoms with Gasteiger partial charge in [-0.25, -0.2) is 9.48 Å². The van der Waals surface area contributed by atoms with Gasteiger partial charge in [-0.2, -0.15) is 5.10 Å². The van der Waals surface area contributed by atoms with Gasteiger partial charge in [0.25, 0.3) is 0 Å². The van der Waals surface area contributed by atoms with Crippen molar-refractivity contribution in [3.05, 3.63) is 41.7 Å². The summed E-state index contributed by atoms with van der Waals surface area (Å²) in [5.41, 5.74) is 2.86. The first kappa shape index (κ1) is 17.4. The van der Waals surface area contributed by atoms with Crippen molar-refractivity contribution >= 4 is 14.0 Å². The molecule has 0 aliphatic heterocycles. The highest BCUT2D eigenvalue weighted by Crippen LogP contribution is 2.25. The molecule has 0 spiro atoms. The van der Waals surface area contributed by atoms with E-state index in [0.29, 0.717) is 12.3 Å². The molecule has 5 nitrogen and oxygen atoms in total. The molecular formula is C17H24N2O3Si. The molecule has 0 aliphatic carbocycles. The number of benzene rings is 1. The second-order valence-electron chi connectivity index (χ2n) is 6.90. The third-order valence-electron chi connectivity index (χ3n) is 3.73. The van der Waals surface area contributed by atoms with E-state index < -0.39 is 14.0 Å². The molecule has 2 rings (SSSR count). The van der Waals surface area contributed by atoms with E-state index in [9.17, 15) is 9.90 Å². The Labute approximate surface area is 137 Å². The minimum absolute atomic E-state index is 0.321. The predicted octanol–water partition coefficient (Wildman–Crippen LogP) is 3.87. The Balaban J connectivity index is 2.05. The van der Waals surface area contributed by atoms with Crippen molar-refractivity contribution in [3.8, 4) is 11.1 Å². The van der Waals surface area contributed by atoms with Gasteiger partial charge in [0.15, 0.2) is 0 Å². The minimum Gasteiger partial charge on any atom is -0.478 e. The molecule has 0 unspecified atom stereocenters. The summed E-state index contributed by atoms with van der Waals surface area (Å²) in [5, 5.41) is 13.5. The van der Waals surface area contributed by atoms with Gasteiger partial charge in [0.1, 0.15) is 6.73 Å². The van der Waals surface area contributed by atoms with E-state index in [4.69, 9.17) is 4.74 Å². The largest absolute Gasteiger partial charge is 0.478 e. The van der Waals surface area contributed by atoms with Crippen molar-refractivity contribution in [1.29, 1.82) is 0 Å². The first-order chi connectivity index (χ1) is 10.8. The van der Waals surface area contributed by atoms with Gasteiger partial charge in [-0.05, 0) is 30.2 Å². The lowest BCUT2D eigenvalue weighted by Crippen LogP contribution is -2.22. The fourth-order valence-electron chi connectivity index (χ4n) is 2.29. The number of carboxylic acids is 1. The van der Waals surface area contributed by atoms with Crippen LogP contribution in [0.1, 0.15) is 15.9 Å². The SMILES string of the molecule is Cc1c(C(=O)O)cccc1-c1cnn(COCC[Si](C)(C)C)c1. The van der Waals surface area contributed by atoms with Gasteiger partial charge in [-0.3, -0.25) is 0 Å². The molecule has 1 N–H and O–H groups in total. The normalized spacial score (nSPS) is 11.7. The van der Waals surface area contributed by atoms with Crippen molar-refractivity contribution in [3.63, 3.8) is 0 Å². The summed E-state index contributed by atoms with van der Waals surface area (Å²) in [6, 6.07) is 6.41. The fourth-order valence-corrected chi connectivity index (χ4v) is 3.05. The van der Waals surface area contributed by atoms with Crippen molar-refractivity contribution in [2.24, 2.45) is 0 Å². The van der Waals surface area contributed by atoms with E-state index in [1.807, 2.05) is 19.2 Å². The van der Waals surface area contributed by atoms with Crippen molar-refractivity contribution in [1.82, 2.24) is 9.78 Å². The van der Waals surface area contributed by atoms with Crippen LogP contribution in [0.4, 0.5) is 0 Å². The number of rotatable bonds is 7. The maximum Gasteiger partial charge on any atom is 0.335 e. The highest BCUT2D eigenvalue weighted by molar-refractivity contribution is 6.76. The van der Waals surface area contributed by atoms with E-state index in [-0.39, 0.29) is 0 Å². The average molecular weight is 332 g/mol. The summed E-state index contributed by atoms with van der Waals surface area (Å²) in [6.07, 6.45) is 3.64. The Kier molecular flexibility index (Phi) is 5.38. The Morgan fingerprint density at radius 2 is 2.09 bits per heavy atom. The summed E-state index contributed by atoms with van der Waals surface area (Å²) < 4.78 is 7.42. The monoisotopic (exact) mass is 332 g/mol. The minimum atomic E-state index is -1.08. The Hall–Kier alpha value is -1.92. The standard InChI is InChI=1S/C17H24N2O3Si/c1-13-15(6-5-7-16(13)17(20)21)14-10-18-19(11-14)12-22-8-9-23(2,3)4/h5-7,10-11H,8-9,12H2,1-4H3,(H,20,21). The fraction of sp³-hybridized carbons (Fsp3) is 0.412. The quantitative estimate of drug-likeness (QED) is 0.617. The number of ether oxygens (including phenoxy) is 1. The molecular weight excluding hydrogens is 308 g/mol. The maximum absolute atomic E-state index is 11.2. The van der Waals surface area contributed by atoms with E-state index >= 15 is 0 Å². The molecule has 0 saturated heterocycles. The number of carboxylic acid groups (broad SMARTS) is 1. The lowest BCUT2D eigenvalue weighted by Gasteiger charge is -2.15. The molecule has 0 saturated carbocycles. The van der Waals surface area contributed by atoms with E-state index in [1.54, 1.807) is 23.0 Å². The molecule has 0 aliphatic rings. The maximum atomic E-state index is 11.2. The predicted molar refractivity (Wildman–Crippen MR) is 93.5 cm³/mol. The summed E-state index contributed by atoms with van der Waals surface area (Å²) in [6.45, 7) is 9.95. The van der Waals surface area contributed by atoms with Gasteiger partial charge in [0, 0.05) is 26.4 Å². The summed E-state index contributed by atoms with van der Waals surface area (Å²) in [7, 11) is -1.08. The highest BCUT2D eigenvalue weighted by Gasteiger charge is 2.13. The van der Waals surface area contributed by atoms with E-state index in [1.165, 1.54) is 0 Å². The Bertz CT molecular complexity index is 689. The molecule has 0 atom stereocenters. The van der Waals surface area contributed by atoms with Crippen LogP contribution in [0, 0.1) is 6.92 Å². The number of carbonyl (C=O) groups is 1. The topological polar surface area (TPSA) is 64.3 Å². The first-order valence-corrected chi connectivity index (χ1v) is 11.4. The molecule has 23 heavy (non-hydrogen) atoms. The van der Waals surface area contributed by atoms with Crippen molar-refractivity contribution < 1.29 is 14.6 Å². The lowest BCUT2D eigenvalue weighted by molar-refractivity contribution is 0.0696. The lowest BCUT2D eigenvalue weighted by atomic mass is 9.99. The van der Waals surface area contributed by atoms with Crippen LogP contribution in [-0.4, -0.2) is 35.5 Å². The molecule has 124 valence electrons. The van der Waals surface area contributed by atoms with E-state index in [0.717, 1.165) is 29.3 Å². The molecule has 0 radical (unpaired) electrons. The van der Waals surface area contributed by atoms with Crippen LogP contribution in [0.5, 0.6) is 0 Å². The highest BCUT2D eigenvalue weighted by atomic mass is 28.3. The third-order valence-corrected chi connectivity index (χ3v) is 5.43. The van der Waals surface area contributed by atoms with Gasteiger partial charge in [0.2, 0.25) is 0 Å². The first-order valence-electron chi connectivity index (χ1n) is 7.71. The van der Waals surface area contributed by atoms with Gasteiger partial charge in [0.05, 0.1) is 11.8 Å². The third kappa shape index (κ3) is 4.77. The molecule has 0 amide bonds. The average Bonchev–Trinajstić information content (AvgIpc) is 2.91. The summed E-state index contributed by atoms with van der Waals surface area (Å²) in [5.74, 6) is -0.911. The van der Waals surface area contributed by atoms with Crippen LogP contribution < -0.4 is 0 Å². The van der Waals surface area contributed by atoms with Gasteiger partial charge >= 0.3 is 5.97 Å². The van der Waals surface area contributed by atoms with Gasteiger partial charge in [-0.15, -0.1) is 0 Å². The Morgan fingerprint density at radius 3 is 2.74 bits per heavy atom. The van der Waals surface area contributed by atoms with Crippen LogP contribution >= 0.6 is 0 Å². The van der Waals surface area contributed by atoms with Crippen LogP contribution in [0.3, 0.4) is 0 Å².